The minimum absolute atomic E-state index is 0. The average molecular weight is 285 g/mol. The molecule has 1 amide bonds. The molecule has 4 N–H and O–H groups in total. The minimum atomic E-state index is 0. The van der Waals surface area contributed by atoms with E-state index in [1.54, 1.807) is 13.0 Å². The quantitative estimate of drug-likeness (QED) is 0.781. The van der Waals surface area contributed by atoms with Crippen molar-refractivity contribution in [2.24, 2.45) is 11.7 Å². The summed E-state index contributed by atoms with van der Waals surface area (Å²) >= 11 is 0. The molecule has 0 radical (unpaired) electrons. The Kier molecular flexibility index (Phi) is 5.20. The van der Waals surface area contributed by atoms with E-state index in [1.807, 2.05) is 13.0 Å². The average Bonchev–Trinajstić information content (AvgIpc) is 2.77. The van der Waals surface area contributed by atoms with Crippen molar-refractivity contribution >= 4 is 24.0 Å². The summed E-state index contributed by atoms with van der Waals surface area (Å²) in [5.41, 5.74) is 8.02. The van der Waals surface area contributed by atoms with E-state index in [-0.39, 0.29) is 36.0 Å². The predicted molar refractivity (Wildman–Crippen MR) is 78.8 cm³/mol. The number of phenols is 1. The lowest BCUT2D eigenvalue weighted by atomic mass is 10.1. The van der Waals surface area contributed by atoms with Gasteiger partial charge in [-0.25, -0.2) is 0 Å². The molecule has 0 bridgehead atoms. The first kappa shape index (κ1) is 15.8. The number of rotatable bonds is 2. The lowest BCUT2D eigenvalue weighted by Gasteiger charge is -2.14. The molecule has 2 unspecified atom stereocenters. The summed E-state index contributed by atoms with van der Waals surface area (Å²) in [5.74, 6) is 0.257. The maximum Gasteiger partial charge on any atom is 0.227 e. The number of anilines is 1. The van der Waals surface area contributed by atoms with Gasteiger partial charge >= 0.3 is 0 Å². The molecule has 0 spiro atoms. The molecule has 4 nitrogen and oxygen atoms in total. The van der Waals surface area contributed by atoms with Crippen LogP contribution < -0.4 is 11.1 Å². The molecule has 106 valence electrons. The van der Waals surface area contributed by atoms with E-state index in [0.717, 1.165) is 24.8 Å². The number of benzene rings is 1. The standard InChI is InChI=1S/C14H20N2O2.ClH/c1-8-3-6-12(9(2)13(8)17)16-14(18)10-4-5-11(15)7-10;/h3,6,10-11,17H,4-5,7,15H2,1-2H3,(H,16,18);1H. The van der Waals surface area contributed by atoms with Crippen LogP contribution in [0.15, 0.2) is 12.1 Å². The monoisotopic (exact) mass is 284 g/mol. The molecule has 1 aromatic carbocycles. The molecule has 1 fully saturated rings. The van der Waals surface area contributed by atoms with Crippen molar-refractivity contribution in [3.8, 4) is 5.75 Å². The normalized spacial score (nSPS) is 21.8. The van der Waals surface area contributed by atoms with Crippen molar-refractivity contribution in [1.29, 1.82) is 0 Å². The minimum Gasteiger partial charge on any atom is -0.507 e. The second-order valence-corrected chi connectivity index (χ2v) is 5.16. The molecular formula is C14H21ClN2O2. The summed E-state index contributed by atoms with van der Waals surface area (Å²) in [4.78, 5) is 12.1. The summed E-state index contributed by atoms with van der Waals surface area (Å²) in [5, 5.41) is 12.7. The number of aryl methyl sites for hydroxylation is 1. The van der Waals surface area contributed by atoms with E-state index in [1.165, 1.54) is 0 Å². The first-order valence-electron chi connectivity index (χ1n) is 6.34. The first-order chi connectivity index (χ1) is 8.49. The maximum atomic E-state index is 12.1. The van der Waals surface area contributed by atoms with Gasteiger partial charge in [-0.2, -0.15) is 0 Å². The molecule has 5 heteroatoms. The van der Waals surface area contributed by atoms with Crippen LogP contribution in [0.5, 0.6) is 5.75 Å². The number of halogens is 1. The second-order valence-electron chi connectivity index (χ2n) is 5.16. The Morgan fingerprint density at radius 3 is 2.63 bits per heavy atom. The molecule has 0 aromatic heterocycles. The van der Waals surface area contributed by atoms with Crippen molar-refractivity contribution in [1.82, 2.24) is 0 Å². The fourth-order valence-electron chi connectivity index (χ4n) is 2.46. The Morgan fingerprint density at radius 1 is 1.37 bits per heavy atom. The second kappa shape index (κ2) is 6.26. The molecule has 2 rings (SSSR count). The molecular weight excluding hydrogens is 264 g/mol. The van der Waals surface area contributed by atoms with Crippen molar-refractivity contribution in [2.75, 3.05) is 5.32 Å². The summed E-state index contributed by atoms with van der Waals surface area (Å²) in [6.45, 7) is 3.64. The molecule has 1 aliphatic carbocycles. The molecule has 0 aliphatic heterocycles. The number of carbonyl (C=O) groups excluding carboxylic acids is 1. The van der Waals surface area contributed by atoms with Crippen molar-refractivity contribution < 1.29 is 9.90 Å². The van der Waals surface area contributed by atoms with E-state index in [0.29, 0.717) is 11.3 Å². The number of amides is 1. The Labute approximate surface area is 119 Å². The number of nitrogens with two attached hydrogens (primary N) is 1. The van der Waals surface area contributed by atoms with Gasteiger partial charge < -0.3 is 16.2 Å². The molecule has 1 aliphatic rings. The summed E-state index contributed by atoms with van der Waals surface area (Å²) in [6.07, 6.45) is 2.52. The Morgan fingerprint density at radius 2 is 2.05 bits per heavy atom. The van der Waals surface area contributed by atoms with Gasteiger partial charge in [-0.3, -0.25) is 4.79 Å². The summed E-state index contributed by atoms with van der Waals surface area (Å²) in [6, 6.07) is 3.78. The Balaban J connectivity index is 0.00000180. The van der Waals surface area contributed by atoms with Crippen LogP contribution in [-0.4, -0.2) is 17.1 Å². The van der Waals surface area contributed by atoms with Crippen LogP contribution in [0.4, 0.5) is 5.69 Å². The van der Waals surface area contributed by atoms with Gasteiger partial charge in [0.15, 0.2) is 0 Å². The van der Waals surface area contributed by atoms with Gasteiger partial charge in [0.05, 0.1) is 0 Å². The molecule has 1 aromatic rings. The molecule has 2 atom stereocenters. The van der Waals surface area contributed by atoms with Gasteiger partial charge in [0.1, 0.15) is 5.75 Å². The highest BCUT2D eigenvalue weighted by Crippen LogP contribution is 2.30. The zero-order chi connectivity index (χ0) is 13.3. The van der Waals surface area contributed by atoms with E-state index < -0.39 is 0 Å². The zero-order valence-corrected chi connectivity index (χ0v) is 12.1. The third-order valence-electron chi connectivity index (χ3n) is 3.73. The molecule has 19 heavy (non-hydrogen) atoms. The third kappa shape index (κ3) is 3.39. The highest BCUT2D eigenvalue weighted by Gasteiger charge is 2.28. The number of nitrogens with one attached hydrogen (secondary N) is 1. The first-order valence-corrected chi connectivity index (χ1v) is 6.34. The number of aromatic hydroxyl groups is 1. The lowest BCUT2D eigenvalue weighted by Crippen LogP contribution is -2.23. The van der Waals surface area contributed by atoms with Gasteiger partial charge in [0.25, 0.3) is 0 Å². The van der Waals surface area contributed by atoms with Gasteiger partial charge in [-0.05, 0) is 44.7 Å². The van der Waals surface area contributed by atoms with Crippen LogP contribution >= 0.6 is 12.4 Å². The highest BCUT2D eigenvalue weighted by molar-refractivity contribution is 5.93. The van der Waals surface area contributed by atoms with E-state index in [4.69, 9.17) is 5.73 Å². The van der Waals surface area contributed by atoms with Crippen LogP contribution in [0.3, 0.4) is 0 Å². The molecule has 1 saturated carbocycles. The van der Waals surface area contributed by atoms with E-state index in [2.05, 4.69) is 5.32 Å². The molecule has 0 saturated heterocycles. The predicted octanol–water partition coefficient (Wildman–Crippen LogP) is 2.50. The van der Waals surface area contributed by atoms with Crippen LogP contribution in [0, 0.1) is 19.8 Å². The number of carbonyl (C=O) groups is 1. The SMILES string of the molecule is Cc1ccc(NC(=O)C2CCC(N)C2)c(C)c1O.Cl. The van der Waals surface area contributed by atoms with Crippen molar-refractivity contribution in [3.05, 3.63) is 23.3 Å². The van der Waals surface area contributed by atoms with Crippen LogP contribution in [0.1, 0.15) is 30.4 Å². The molecule has 0 heterocycles. The van der Waals surface area contributed by atoms with E-state index in [9.17, 15) is 9.90 Å². The van der Waals surface area contributed by atoms with Crippen LogP contribution in [-0.2, 0) is 4.79 Å². The van der Waals surface area contributed by atoms with E-state index >= 15 is 0 Å². The number of hydrogen-bond acceptors (Lipinski definition) is 3. The van der Waals surface area contributed by atoms with Gasteiger partial charge in [0, 0.05) is 23.2 Å². The number of hydrogen-bond donors (Lipinski definition) is 3. The largest absolute Gasteiger partial charge is 0.507 e. The fraction of sp³-hybridized carbons (Fsp3) is 0.500. The van der Waals surface area contributed by atoms with Gasteiger partial charge in [0.2, 0.25) is 5.91 Å². The highest BCUT2D eigenvalue weighted by atomic mass is 35.5. The summed E-state index contributed by atoms with van der Waals surface area (Å²) < 4.78 is 0. The zero-order valence-electron chi connectivity index (χ0n) is 11.3. The third-order valence-corrected chi connectivity index (χ3v) is 3.73. The van der Waals surface area contributed by atoms with Crippen LogP contribution in [0.25, 0.3) is 0 Å². The fourth-order valence-corrected chi connectivity index (χ4v) is 2.46. The maximum absolute atomic E-state index is 12.1. The topological polar surface area (TPSA) is 75.4 Å². The van der Waals surface area contributed by atoms with Crippen molar-refractivity contribution in [2.45, 2.75) is 39.2 Å². The Hall–Kier alpha value is -1.26. The van der Waals surface area contributed by atoms with Gasteiger partial charge in [-0.15, -0.1) is 12.4 Å². The van der Waals surface area contributed by atoms with Gasteiger partial charge in [-0.1, -0.05) is 6.07 Å². The number of phenolic OH excluding ortho intramolecular Hbond substituents is 1. The Bertz CT molecular complexity index is 477. The van der Waals surface area contributed by atoms with Crippen LogP contribution in [0.2, 0.25) is 0 Å². The lowest BCUT2D eigenvalue weighted by molar-refractivity contribution is -0.119. The smallest absolute Gasteiger partial charge is 0.227 e. The summed E-state index contributed by atoms with van der Waals surface area (Å²) in [7, 11) is 0. The van der Waals surface area contributed by atoms with Crippen molar-refractivity contribution in [3.63, 3.8) is 0 Å².